The molecule has 88 valence electrons. The maximum Gasteiger partial charge on any atom is 0.369 e. The van der Waals surface area contributed by atoms with Crippen LogP contribution in [0.2, 0.25) is 0 Å². The number of carbonyl (C=O) groups excluding carboxylic acids is 2. The van der Waals surface area contributed by atoms with Crippen molar-refractivity contribution in [2.45, 2.75) is 0 Å². The van der Waals surface area contributed by atoms with Crippen molar-refractivity contribution in [3.05, 3.63) is 36.1 Å². The number of benzene rings is 1. The van der Waals surface area contributed by atoms with Gasteiger partial charge in [0, 0.05) is 5.69 Å². The van der Waals surface area contributed by atoms with Crippen LogP contribution in [0.4, 0.5) is 11.4 Å². The second kappa shape index (κ2) is 4.56. The van der Waals surface area contributed by atoms with Gasteiger partial charge in [0.2, 0.25) is 5.78 Å². The summed E-state index contributed by atoms with van der Waals surface area (Å²) in [6.07, 6.45) is 1.09. The third-order valence-corrected chi connectivity index (χ3v) is 2.11. The topological polar surface area (TPSA) is 90.7 Å². The van der Waals surface area contributed by atoms with Crippen LogP contribution in [0.5, 0.6) is 0 Å². The molecule has 0 fully saturated rings. The molecule has 0 bridgehead atoms. The second-order valence-electron chi connectivity index (χ2n) is 3.38. The van der Waals surface area contributed by atoms with Gasteiger partial charge in [-0.1, -0.05) is 0 Å². The molecule has 0 radical (unpaired) electrons. The zero-order valence-corrected chi connectivity index (χ0v) is 8.80. The molecule has 0 saturated carbocycles. The van der Waals surface area contributed by atoms with Gasteiger partial charge in [-0.25, -0.2) is 10.3 Å². The maximum atomic E-state index is 11.4. The van der Waals surface area contributed by atoms with E-state index < -0.39 is 11.8 Å². The summed E-state index contributed by atoms with van der Waals surface area (Å²) >= 11 is 0. The van der Waals surface area contributed by atoms with Crippen LogP contribution in [0.25, 0.3) is 0 Å². The summed E-state index contributed by atoms with van der Waals surface area (Å²) in [6.45, 7) is -0.119. The van der Waals surface area contributed by atoms with E-state index in [2.05, 4.69) is 5.48 Å². The average molecular weight is 234 g/mol. The van der Waals surface area contributed by atoms with Crippen molar-refractivity contribution in [2.75, 3.05) is 17.8 Å². The number of nitrogens with one attached hydrogen (secondary N) is 1. The molecule has 6 heteroatoms. The van der Waals surface area contributed by atoms with Gasteiger partial charge in [-0.05, 0) is 24.3 Å². The summed E-state index contributed by atoms with van der Waals surface area (Å²) in [7, 11) is 0. The molecular formula is C11H10N2O4. The number of nitrogen functional groups attached to an aromatic ring is 1. The van der Waals surface area contributed by atoms with Crippen molar-refractivity contribution >= 4 is 23.1 Å². The van der Waals surface area contributed by atoms with Crippen LogP contribution in [-0.2, 0) is 19.2 Å². The summed E-state index contributed by atoms with van der Waals surface area (Å²) in [6, 6.07) is 6.59. The number of rotatable bonds is 3. The van der Waals surface area contributed by atoms with Gasteiger partial charge in [0.15, 0.2) is 6.61 Å². The minimum Gasteiger partial charge on any atom is -0.492 e. The number of nitrogens with two attached hydrogens (primary N) is 1. The number of hydrogen-bond acceptors (Lipinski definition) is 6. The fourth-order valence-corrected chi connectivity index (χ4v) is 1.22. The Hall–Kier alpha value is -2.50. The molecule has 0 atom stereocenters. The first-order valence-electron chi connectivity index (χ1n) is 4.84. The Morgan fingerprint density at radius 3 is 2.65 bits per heavy atom. The fourth-order valence-electron chi connectivity index (χ4n) is 1.22. The molecular weight excluding hydrogens is 224 g/mol. The van der Waals surface area contributed by atoms with Crippen LogP contribution in [-0.4, -0.2) is 18.4 Å². The SMILES string of the molecule is Nc1ccc(NOC(=O)C2=COCC2=O)cc1. The van der Waals surface area contributed by atoms with Crippen LogP contribution in [0, 0.1) is 0 Å². The Kier molecular flexibility index (Phi) is 2.95. The van der Waals surface area contributed by atoms with Gasteiger partial charge in [0.1, 0.15) is 11.8 Å². The highest BCUT2D eigenvalue weighted by Crippen LogP contribution is 2.12. The highest BCUT2D eigenvalue weighted by molar-refractivity contribution is 6.18. The Labute approximate surface area is 97.0 Å². The summed E-state index contributed by atoms with van der Waals surface area (Å²) in [5, 5.41) is 0. The van der Waals surface area contributed by atoms with E-state index in [4.69, 9.17) is 15.3 Å². The van der Waals surface area contributed by atoms with E-state index in [-0.39, 0.29) is 12.2 Å². The number of ether oxygens (including phenoxy) is 1. The Morgan fingerprint density at radius 1 is 1.35 bits per heavy atom. The number of ketones is 1. The van der Waals surface area contributed by atoms with Crippen molar-refractivity contribution in [1.82, 2.24) is 0 Å². The monoisotopic (exact) mass is 234 g/mol. The smallest absolute Gasteiger partial charge is 0.369 e. The molecule has 1 aliphatic heterocycles. The molecule has 0 spiro atoms. The standard InChI is InChI=1S/C11H10N2O4/c12-7-1-3-8(4-2-7)13-17-11(15)9-5-16-6-10(9)14/h1-5,13H,6,12H2. The number of anilines is 2. The summed E-state index contributed by atoms with van der Waals surface area (Å²) in [5.74, 6) is -1.17. The maximum absolute atomic E-state index is 11.4. The van der Waals surface area contributed by atoms with Crippen molar-refractivity contribution < 1.29 is 19.2 Å². The first kappa shape index (κ1) is 11.0. The van der Waals surface area contributed by atoms with Crippen molar-refractivity contribution in [1.29, 1.82) is 0 Å². The predicted octanol–water partition coefficient (Wildman–Crippen LogP) is 0.622. The van der Waals surface area contributed by atoms with Gasteiger partial charge in [-0.15, -0.1) is 0 Å². The third kappa shape index (κ3) is 2.54. The molecule has 0 aromatic heterocycles. The van der Waals surface area contributed by atoms with E-state index in [0.717, 1.165) is 6.26 Å². The van der Waals surface area contributed by atoms with Crippen LogP contribution < -0.4 is 11.2 Å². The van der Waals surface area contributed by atoms with Crippen LogP contribution in [0.15, 0.2) is 36.1 Å². The molecule has 6 nitrogen and oxygen atoms in total. The molecule has 1 aromatic carbocycles. The summed E-state index contributed by atoms with van der Waals surface area (Å²) < 4.78 is 4.70. The predicted molar refractivity (Wildman–Crippen MR) is 59.6 cm³/mol. The molecule has 1 aromatic rings. The van der Waals surface area contributed by atoms with Gasteiger partial charge >= 0.3 is 5.97 Å². The number of hydrogen-bond donors (Lipinski definition) is 2. The highest BCUT2D eigenvalue weighted by atomic mass is 16.7. The van der Waals surface area contributed by atoms with E-state index in [1.54, 1.807) is 24.3 Å². The summed E-state index contributed by atoms with van der Waals surface area (Å²) in [4.78, 5) is 27.3. The quantitative estimate of drug-likeness (QED) is 0.452. The van der Waals surface area contributed by atoms with Gasteiger partial charge in [-0.2, -0.15) is 0 Å². The zero-order valence-electron chi connectivity index (χ0n) is 8.80. The van der Waals surface area contributed by atoms with Gasteiger partial charge < -0.3 is 15.3 Å². The van der Waals surface area contributed by atoms with Gasteiger partial charge in [-0.3, -0.25) is 4.79 Å². The lowest BCUT2D eigenvalue weighted by molar-refractivity contribution is -0.137. The van der Waals surface area contributed by atoms with E-state index in [9.17, 15) is 9.59 Å². The van der Waals surface area contributed by atoms with Crippen molar-refractivity contribution in [2.24, 2.45) is 0 Å². The van der Waals surface area contributed by atoms with Crippen LogP contribution in [0.1, 0.15) is 0 Å². The normalized spacial score (nSPS) is 13.9. The Morgan fingerprint density at radius 2 is 2.06 bits per heavy atom. The molecule has 1 heterocycles. The molecule has 3 N–H and O–H groups in total. The molecule has 0 amide bonds. The van der Waals surface area contributed by atoms with E-state index in [0.29, 0.717) is 11.4 Å². The number of Topliss-reactive ketones (excluding diaryl/α,β-unsaturated/α-hetero) is 1. The molecule has 17 heavy (non-hydrogen) atoms. The summed E-state index contributed by atoms with van der Waals surface area (Å²) in [5.41, 5.74) is 8.96. The molecule has 0 saturated heterocycles. The highest BCUT2D eigenvalue weighted by Gasteiger charge is 2.25. The first-order chi connectivity index (χ1) is 8.16. The van der Waals surface area contributed by atoms with Crippen LogP contribution >= 0.6 is 0 Å². The van der Waals surface area contributed by atoms with E-state index in [1.807, 2.05) is 0 Å². The van der Waals surface area contributed by atoms with E-state index in [1.165, 1.54) is 0 Å². The molecule has 0 aliphatic carbocycles. The fraction of sp³-hybridized carbons (Fsp3) is 0.0909. The average Bonchev–Trinajstić information content (AvgIpc) is 2.74. The lowest BCUT2D eigenvalue weighted by atomic mass is 10.2. The minimum atomic E-state index is -0.774. The largest absolute Gasteiger partial charge is 0.492 e. The minimum absolute atomic E-state index is 0.104. The van der Waals surface area contributed by atoms with Crippen molar-refractivity contribution in [3.8, 4) is 0 Å². The van der Waals surface area contributed by atoms with E-state index >= 15 is 0 Å². The Bertz CT molecular complexity index is 479. The Balaban J connectivity index is 1.92. The van der Waals surface area contributed by atoms with Crippen molar-refractivity contribution in [3.63, 3.8) is 0 Å². The molecule has 1 aliphatic rings. The second-order valence-corrected chi connectivity index (χ2v) is 3.38. The first-order valence-corrected chi connectivity index (χ1v) is 4.84. The van der Waals surface area contributed by atoms with Gasteiger partial charge in [0.05, 0.1) is 5.69 Å². The molecule has 2 rings (SSSR count). The van der Waals surface area contributed by atoms with Gasteiger partial charge in [0.25, 0.3) is 0 Å². The lowest BCUT2D eigenvalue weighted by Gasteiger charge is -2.06. The number of carbonyl (C=O) groups is 2. The zero-order chi connectivity index (χ0) is 12.3. The molecule has 0 unspecified atom stereocenters. The lowest BCUT2D eigenvalue weighted by Crippen LogP contribution is -2.17. The third-order valence-electron chi connectivity index (χ3n) is 2.11. The van der Waals surface area contributed by atoms with Crippen LogP contribution in [0.3, 0.4) is 0 Å².